The van der Waals surface area contributed by atoms with Gasteiger partial charge in [-0.3, -0.25) is 4.79 Å². The second-order valence-corrected chi connectivity index (χ2v) is 6.37. The highest BCUT2D eigenvalue weighted by molar-refractivity contribution is 5.80. The maximum Gasteiger partial charge on any atom is 0.326 e. The van der Waals surface area contributed by atoms with E-state index in [1.807, 2.05) is 27.8 Å². The maximum absolute atomic E-state index is 12.0. The standard InChI is InChI=1S/C15H29NO4/c1-14(2,3)20-10-9-19-12-7-6-8-15(11-12,16-4)13(17)18-5/h12,16H,6-11H2,1-5H3. The Kier molecular flexibility index (Phi) is 6.43. The van der Waals surface area contributed by atoms with Crippen LogP contribution in [0.4, 0.5) is 0 Å². The van der Waals surface area contributed by atoms with Gasteiger partial charge in [0.1, 0.15) is 5.54 Å². The molecule has 2 atom stereocenters. The minimum absolute atomic E-state index is 0.0823. The van der Waals surface area contributed by atoms with Gasteiger partial charge < -0.3 is 19.5 Å². The largest absolute Gasteiger partial charge is 0.468 e. The van der Waals surface area contributed by atoms with Gasteiger partial charge in [-0.15, -0.1) is 0 Å². The predicted octanol–water partition coefficient (Wildman–Crippen LogP) is 1.89. The Morgan fingerprint density at radius 2 is 2.05 bits per heavy atom. The maximum atomic E-state index is 12.0. The van der Waals surface area contributed by atoms with Crippen LogP contribution in [-0.4, -0.2) is 50.6 Å². The van der Waals surface area contributed by atoms with Crippen LogP contribution in [-0.2, 0) is 19.0 Å². The van der Waals surface area contributed by atoms with Gasteiger partial charge in [0.25, 0.3) is 0 Å². The first-order valence-corrected chi connectivity index (χ1v) is 7.36. The second kappa shape index (κ2) is 7.38. The van der Waals surface area contributed by atoms with Gasteiger partial charge >= 0.3 is 5.97 Å². The molecule has 0 heterocycles. The molecule has 1 fully saturated rings. The molecule has 0 saturated heterocycles. The molecule has 1 N–H and O–H groups in total. The van der Waals surface area contributed by atoms with Crippen molar-refractivity contribution >= 4 is 5.97 Å². The number of methoxy groups -OCH3 is 1. The second-order valence-electron chi connectivity index (χ2n) is 6.37. The summed E-state index contributed by atoms with van der Waals surface area (Å²) in [6, 6.07) is 0. The molecule has 2 unspecified atom stereocenters. The van der Waals surface area contributed by atoms with Crippen molar-refractivity contribution in [2.45, 2.75) is 63.7 Å². The summed E-state index contributed by atoms with van der Waals surface area (Å²) in [5.41, 5.74) is -0.737. The Hall–Kier alpha value is -0.650. The zero-order valence-electron chi connectivity index (χ0n) is 13.5. The molecule has 0 amide bonds. The highest BCUT2D eigenvalue weighted by Gasteiger charge is 2.42. The van der Waals surface area contributed by atoms with Gasteiger partial charge in [-0.1, -0.05) is 0 Å². The smallest absolute Gasteiger partial charge is 0.326 e. The first-order valence-electron chi connectivity index (χ1n) is 7.36. The van der Waals surface area contributed by atoms with E-state index in [1.165, 1.54) is 7.11 Å². The molecular weight excluding hydrogens is 258 g/mol. The summed E-state index contributed by atoms with van der Waals surface area (Å²) < 4.78 is 16.4. The molecule has 1 aliphatic rings. The number of nitrogens with one attached hydrogen (secondary N) is 1. The average Bonchev–Trinajstić information content (AvgIpc) is 2.42. The molecule has 0 spiro atoms. The zero-order valence-corrected chi connectivity index (χ0v) is 13.5. The Bertz CT molecular complexity index is 313. The molecule has 1 aliphatic carbocycles. The first kappa shape index (κ1) is 17.4. The number of likely N-dealkylation sites (N-methyl/N-ethyl adjacent to an activating group) is 1. The quantitative estimate of drug-likeness (QED) is 0.597. The fraction of sp³-hybridized carbons (Fsp3) is 0.933. The van der Waals surface area contributed by atoms with Crippen molar-refractivity contribution in [3.63, 3.8) is 0 Å². The predicted molar refractivity (Wildman–Crippen MR) is 77.7 cm³/mol. The third-order valence-corrected chi connectivity index (χ3v) is 3.73. The van der Waals surface area contributed by atoms with Crippen molar-refractivity contribution in [2.24, 2.45) is 0 Å². The number of ether oxygens (including phenoxy) is 3. The number of hydrogen-bond donors (Lipinski definition) is 1. The third kappa shape index (κ3) is 5.04. The summed E-state index contributed by atoms with van der Waals surface area (Å²) in [7, 11) is 3.24. The Morgan fingerprint density at radius 1 is 1.35 bits per heavy atom. The molecule has 0 aromatic heterocycles. The van der Waals surface area contributed by atoms with Crippen LogP contribution in [0.5, 0.6) is 0 Å². The number of rotatable bonds is 6. The summed E-state index contributed by atoms with van der Waals surface area (Å²) in [4.78, 5) is 12.0. The van der Waals surface area contributed by atoms with Crippen molar-refractivity contribution in [1.29, 1.82) is 0 Å². The van der Waals surface area contributed by atoms with Gasteiger partial charge in [-0.2, -0.15) is 0 Å². The van der Waals surface area contributed by atoms with Gasteiger partial charge in [-0.05, 0) is 47.1 Å². The fourth-order valence-corrected chi connectivity index (χ4v) is 2.64. The molecule has 0 aliphatic heterocycles. The molecule has 20 heavy (non-hydrogen) atoms. The van der Waals surface area contributed by atoms with E-state index in [0.29, 0.717) is 19.6 Å². The summed E-state index contributed by atoms with van der Waals surface area (Å²) >= 11 is 0. The van der Waals surface area contributed by atoms with Gasteiger partial charge in [0.2, 0.25) is 0 Å². The number of hydrogen-bond acceptors (Lipinski definition) is 5. The van der Waals surface area contributed by atoms with Crippen LogP contribution >= 0.6 is 0 Å². The molecule has 1 rings (SSSR count). The normalized spacial score (nSPS) is 27.4. The molecule has 118 valence electrons. The Balaban J connectivity index is 2.42. The zero-order chi connectivity index (χ0) is 15.2. The molecular formula is C15H29NO4. The highest BCUT2D eigenvalue weighted by atomic mass is 16.5. The monoisotopic (exact) mass is 287 g/mol. The summed E-state index contributed by atoms with van der Waals surface area (Å²) in [5.74, 6) is -0.195. The SMILES string of the molecule is CNC1(C(=O)OC)CCCC(OCCOC(C)(C)C)C1. The van der Waals surface area contributed by atoms with E-state index in [4.69, 9.17) is 14.2 Å². The molecule has 0 aromatic rings. The van der Waals surface area contributed by atoms with E-state index in [2.05, 4.69) is 5.32 Å². The lowest BCUT2D eigenvalue weighted by atomic mass is 9.80. The molecule has 1 saturated carbocycles. The van der Waals surface area contributed by atoms with E-state index >= 15 is 0 Å². The van der Waals surface area contributed by atoms with Crippen LogP contribution in [0.1, 0.15) is 46.5 Å². The van der Waals surface area contributed by atoms with E-state index in [-0.39, 0.29) is 17.7 Å². The third-order valence-electron chi connectivity index (χ3n) is 3.73. The summed E-state index contributed by atoms with van der Waals surface area (Å²) in [6.45, 7) is 7.21. The van der Waals surface area contributed by atoms with Gasteiger partial charge in [0.05, 0.1) is 32.0 Å². The number of esters is 1. The highest BCUT2D eigenvalue weighted by Crippen LogP contribution is 2.31. The first-order chi connectivity index (χ1) is 9.33. The minimum atomic E-state index is -0.595. The van der Waals surface area contributed by atoms with Gasteiger partial charge in [0, 0.05) is 6.42 Å². The van der Waals surface area contributed by atoms with Crippen LogP contribution in [0, 0.1) is 0 Å². The molecule has 0 aromatic carbocycles. The van der Waals surface area contributed by atoms with Gasteiger partial charge in [0.15, 0.2) is 0 Å². The lowest BCUT2D eigenvalue weighted by molar-refractivity contribution is -0.153. The van der Waals surface area contributed by atoms with Crippen molar-refractivity contribution < 1.29 is 19.0 Å². The van der Waals surface area contributed by atoms with Crippen molar-refractivity contribution in [1.82, 2.24) is 5.32 Å². The van der Waals surface area contributed by atoms with Crippen molar-refractivity contribution in [2.75, 3.05) is 27.4 Å². The topological polar surface area (TPSA) is 56.8 Å². The number of carbonyl (C=O) groups is 1. The van der Waals surface area contributed by atoms with Crippen LogP contribution in [0.2, 0.25) is 0 Å². The van der Waals surface area contributed by atoms with Crippen molar-refractivity contribution in [3.8, 4) is 0 Å². The van der Waals surface area contributed by atoms with Crippen LogP contribution in [0.15, 0.2) is 0 Å². The van der Waals surface area contributed by atoms with Crippen LogP contribution in [0.3, 0.4) is 0 Å². The van der Waals surface area contributed by atoms with Crippen LogP contribution < -0.4 is 5.32 Å². The van der Waals surface area contributed by atoms with E-state index in [1.54, 1.807) is 0 Å². The van der Waals surface area contributed by atoms with Crippen LogP contribution in [0.25, 0.3) is 0 Å². The van der Waals surface area contributed by atoms with Gasteiger partial charge in [-0.25, -0.2) is 0 Å². The minimum Gasteiger partial charge on any atom is -0.468 e. The molecule has 0 radical (unpaired) electrons. The lowest BCUT2D eigenvalue weighted by Crippen LogP contribution is -2.55. The average molecular weight is 287 g/mol. The molecule has 0 bridgehead atoms. The van der Waals surface area contributed by atoms with E-state index < -0.39 is 5.54 Å². The fourth-order valence-electron chi connectivity index (χ4n) is 2.64. The Morgan fingerprint density at radius 3 is 2.60 bits per heavy atom. The molecule has 5 heteroatoms. The summed E-state index contributed by atoms with van der Waals surface area (Å²) in [5, 5.41) is 3.13. The number of carbonyl (C=O) groups excluding carboxylic acids is 1. The lowest BCUT2D eigenvalue weighted by Gasteiger charge is -2.38. The van der Waals surface area contributed by atoms with Crippen molar-refractivity contribution in [3.05, 3.63) is 0 Å². The van der Waals surface area contributed by atoms with E-state index in [9.17, 15) is 4.79 Å². The Labute approximate surface area is 122 Å². The van der Waals surface area contributed by atoms with E-state index in [0.717, 1.165) is 19.3 Å². The molecule has 5 nitrogen and oxygen atoms in total. The summed E-state index contributed by atoms with van der Waals surface area (Å²) in [6.07, 6.45) is 3.48.